The smallest absolute Gasteiger partial charge is 0.340 e. The van der Waals surface area contributed by atoms with Crippen LogP contribution in [0.5, 0.6) is 5.75 Å². The summed E-state index contributed by atoms with van der Waals surface area (Å²) in [5, 5.41) is 9.05. The predicted molar refractivity (Wildman–Crippen MR) is 84.9 cm³/mol. The van der Waals surface area contributed by atoms with Crippen molar-refractivity contribution < 1.29 is 27.4 Å². The first-order chi connectivity index (χ1) is 10.8. The Bertz CT molecular complexity index is 869. The molecule has 23 heavy (non-hydrogen) atoms. The van der Waals surface area contributed by atoms with Crippen LogP contribution in [0.2, 0.25) is 0 Å². The molecule has 6 nitrogen and oxygen atoms in total. The summed E-state index contributed by atoms with van der Waals surface area (Å²) >= 11 is 3.15. The van der Waals surface area contributed by atoms with Crippen LogP contribution in [0.25, 0.3) is 0 Å². The Morgan fingerprint density at radius 2 is 2.00 bits per heavy atom. The molecule has 0 aliphatic heterocycles. The summed E-state index contributed by atoms with van der Waals surface area (Å²) in [6.07, 6.45) is 0. The van der Waals surface area contributed by atoms with Gasteiger partial charge in [-0.25, -0.2) is 17.6 Å². The Kier molecular flexibility index (Phi) is 4.90. The minimum Gasteiger partial charge on any atom is -0.495 e. The lowest BCUT2D eigenvalue weighted by Gasteiger charge is -2.13. The van der Waals surface area contributed by atoms with E-state index >= 15 is 0 Å². The van der Waals surface area contributed by atoms with Crippen molar-refractivity contribution in [3.63, 3.8) is 0 Å². The van der Waals surface area contributed by atoms with Crippen LogP contribution in [-0.2, 0) is 10.0 Å². The topological polar surface area (TPSA) is 92.7 Å². The Morgan fingerprint density at radius 3 is 2.61 bits per heavy atom. The van der Waals surface area contributed by atoms with Gasteiger partial charge >= 0.3 is 5.97 Å². The highest BCUT2D eigenvalue weighted by molar-refractivity contribution is 9.10. The van der Waals surface area contributed by atoms with Gasteiger partial charge in [-0.05, 0) is 30.3 Å². The maximum absolute atomic E-state index is 13.6. The number of anilines is 1. The molecule has 2 rings (SSSR count). The van der Waals surface area contributed by atoms with E-state index in [0.29, 0.717) is 4.47 Å². The summed E-state index contributed by atoms with van der Waals surface area (Å²) in [6, 6.07) is 7.61. The van der Waals surface area contributed by atoms with Crippen molar-refractivity contribution in [1.82, 2.24) is 0 Å². The molecular weight excluding hydrogens is 393 g/mol. The fourth-order valence-electron chi connectivity index (χ4n) is 1.89. The second-order valence-electron chi connectivity index (χ2n) is 4.37. The first kappa shape index (κ1) is 17.2. The average molecular weight is 404 g/mol. The quantitative estimate of drug-likeness (QED) is 0.799. The van der Waals surface area contributed by atoms with Crippen LogP contribution in [0.3, 0.4) is 0 Å². The number of halogens is 2. The van der Waals surface area contributed by atoms with Gasteiger partial charge in [0.1, 0.15) is 22.0 Å². The van der Waals surface area contributed by atoms with Gasteiger partial charge in [0.05, 0.1) is 12.8 Å². The van der Waals surface area contributed by atoms with Gasteiger partial charge in [0, 0.05) is 4.47 Å². The third-order valence-electron chi connectivity index (χ3n) is 2.89. The highest BCUT2D eigenvalue weighted by atomic mass is 79.9. The SMILES string of the molecule is COc1ccc(Br)cc1S(=O)(=O)Nc1cccc(F)c1C(=O)O. The molecular formula is C14H11BrFNO5S. The van der Waals surface area contributed by atoms with Crippen molar-refractivity contribution in [1.29, 1.82) is 0 Å². The minimum atomic E-state index is -4.19. The molecule has 2 aromatic rings. The molecule has 0 aliphatic rings. The lowest BCUT2D eigenvalue weighted by atomic mass is 10.2. The lowest BCUT2D eigenvalue weighted by molar-refractivity contribution is 0.0693. The molecule has 0 atom stereocenters. The van der Waals surface area contributed by atoms with Gasteiger partial charge in [0.15, 0.2) is 0 Å². The second-order valence-corrected chi connectivity index (χ2v) is 6.93. The summed E-state index contributed by atoms with van der Waals surface area (Å²) in [5.74, 6) is -2.56. The number of rotatable bonds is 5. The first-order valence-electron chi connectivity index (χ1n) is 6.14. The highest BCUT2D eigenvalue weighted by Gasteiger charge is 2.24. The van der Waals surface area contributed by atoms with Crippen molar-refractivity contribution >= 4 is 37.6 Å². The van der Waals surface area contributed by atoms with Gasteiger partial charge in [0.2, 0.25) is 0 Å². The maximum Gasteiger partial charge on any atom is 0.340 e. The third-order valence-corrected chi connectivity index (χ3v) is 4.77. The number of carboxylic acids is 1. The van der Waals surface area contributed by atoms with E-state index in [9.17, 15) is 17.6 Å². The number of nitrogens with one attached hydrogen (secondary N) is 1. The number of carboxylic acid groups (broad SMARTS) is 1. The van der Waals surface area contributed by atoms with Crippen LogP contribution in [0.4, 0.5) is 10.1 Å². The zero-order chi connectivity index (χ0) is 17.2. The molecule has 0 radical (unpaired) electrons. The van der Waals surface area contributed by atoms with Crippen LogP contribution in [0.15, 0.2) is 45.8 Å². The van der Waals surface area contributed by atoms with Crippen LogP contribution in [0.1, 0.15) is 10.4 Å². The van der Waals surface area contributed by atoms with E-state index in [0.717, 1.165) is 12.1 Å². The molecule has 2 N–H and O–H groups in total. The zero-order valence-corrected chi connectivity index (χ0v) is 14.1. The van der Waals surface area contributed by atoms with Gasteiger partial charge in [0.25, 0.3) is 10.0 Å². The van der Waals surface area contributed by atoms with Crippen molar-refractivity contribution in [3.05, 3.63) is 52.3 Å². The Balaban J connectivity index is 2.54. The maximum atomic E-state index is 13.6. The molecule has 0 aromatic heterocycles. The fraction of sp³-hybridized carbons (Fsp3) is 0.0714. The van der Waals surface area contributed by atoms with E-state index in [1.807, 2.05) is 0 Å². The van der Waals surface area contributed by atoms with Gasteiger partial charge in [-0.3, -0.25) is 4.72 Å². The molecule has 0 spiro atoms. The van der Waals surface area contributed by atoms with Crippen LogP contribution < -0.4 is 9.46 Å². The molecule has 0 bridgehead atoms. The Labute approximate surface area is 140 Å². The van der Waals surface area contributed by atoms with E-state index in [1.165, 1.54) is 25.3 Å². The molecule has 0 heterocycles. The molecule has 0 amide bonds. The van der Waals surface area contributed by atoms with Crippen molar-refractivity contribution in [2.24, 2.45) is 0 Å². The molecule has 0 saturated carbocycles. The first-order valence-corrected chi connectivity index (χ1v) is 8.42. The summed E-state index contributed by atoms with van der Waals surface area (Å²) in [6.45, 7) is 0. The normalized spacial score (nSPS) is 11.1. The summed E-state index contributed by atoms with van der Waals surface area (Å²) in [4.78, 5) is 10.9. The largest absolute Gasteiger partial charge is 0.495 e. The van der Waals surface area contributed by atoms with Gasteiger partial charge in [-0.2, -0.15) is 0 Å². The van der Waals surface area contributed by atoms with Crippen molar-refractivity contribution in [3.8, 4) is 5.75 Å². The van der Waals surface area contributed by atoms with Crippen LogP contribution in [0, 0.1) is 5.82 Å². The average Bonchev–Trinajstić information content (AvgIpc) is 2.46. The molecule has 0 unspecified atom stereocenters. The number of benzene rings is 2. The third kappa shape index (κ3) is 3.62. The highest BCUT2D eigenvalue weighted by Crippen LogP contribution is 2.30. The fourth-order valence-corrected chi connectivity index (χ4v) is 3.67. The van der Waals surface area contributed by atoms with E-state index in [1.54, 1.807) is 6.07 Å². The molecule has 0 aliphatic carbocycles. The number of methoxy groups -OCH3 is 1. The Hall–Kier alpha value is -2.13. The number of hydrogen-bond acceptors (Lipinski definition) is 4. The predicted octanol–water partition coefficient (Wildman–Crippen LogP) is 3.10. The van der Waals surface area contributed by atoms with Gasteiger partial charge < -0.3 is 9.84 Å². The Morgan fingerprint density at radius 1 is 1.30 bits per heavy atom. The zero-order valence-electron chi connectivity index (χ0n) is 11.7. The number of carbonyl (C=O) groups is 1. The monoisotopic (exact) mass is 403 g/mol. The summed E-state index contributed by atoms with van der Waals surface area (Å²) in [7, 11) is -2.89. The summed E-state index contributed by atoms with van der Waals surface area (Å²) in [5.41, 5.74) is -1.13. The van der Waals surface area contributed by atoms with Crippen molar-refractivity contribution in [2.45, 2.75) is 4.90 Å². The number of aromatic carboxylic acids is 1. The number of ether oxygens (including phenoxy) is 1. The van der Waals surface area contributed by atoms with Crippen molar-refractivity contribution in [2.75, 3.05) is 11.8 Å². The second kappa shape index (κ2) is 6.55. The van der Waals surface area contributed by atoms with E-state index in [-0.39, 0.29) is 16.3 Å². The molecule has 9 heteroatoms. The van der Waals surface area contributed by atoms with Gasteiger partial charge in [-0.1, -0.05) is 22.0 Å². The van der Waals surface area contributed by atoms with E-state index in [2.05, 4.69) is 20.7 Å². The molecule has 2 aromatic carbocycles. The minimum absolute atomic E-state index is 0.0639. The summed E-state index contributed by atoms with van der Waals surface area (Å²) < 4.78 is 46.2. The van der Waals surface area contributed by atoms with Crippen LogP contribution >= 0.6 is 15.9 Å². The molecule has 0 saturated heterocycles. The molecule has 0 fully saturated rings. The van der Waals surface area contributed by atoms with Crippen LogP contribution in [-0.4, -0.2) is 26.6 Å². The van der Waals surface area contributed by atoms with E-state index < -0.39 is 27.4 Å². The van der Waals surface area contributed by atoms with Gasteiger partial charge in [-0.15, -0.1) is 0 Å². The number of sulfonamides is 1. The number of hydrogen-bond donors (Lipinski definition) is 2. The lowest BCUT2D eigenvalue weighted by Crippen LogP contribution is -2.17. The van der Waals surface area contributed by atoms with E-state index in [4.69, 9.17) is 9.84 Å². The standard InChI is InChI=1S/C14H11BrFNO5S/c1-22-11-6-5-8(15)7-12(11)23(20,21)17-10-4-2-3-9(16)13(10)14(18)19/h2-7,17H,1H3,(H,18,19). The molecule has 122 valence electrons.